The van der Waals surface area contributed by atoms with Gasteiger partial charge >= 0.3 is 5.97 Å². The van der Waals surface area contributed by atoms with Crippen LogP contribution in [-0.4, -0.2) is 29.9 Å². The van der Waals surface area contributed by atoms with E-state index in [1.54, 1.807) is 0 Å². The highest BCUT2D eigenvalue weighted by molar-refractivity contribution is 5.72. The van der Waals surface area contributed by atoms with Crippen molar-refractivity contribution in [1.29, 1.82) is 0 Å². The first-order valence-electron chi connectivity index (χ1n) is 3.21. The highest BCUT2D eigenvalue weighted by atomic mass is 16.7. The number of rotatable bonds is 3. The first-order chi connectivity index (χ1) is 5.24. The Morgan fingerprint density at radius 3 is 2.82 bits per heavy atom. The van der Waals surface area contributed by atoms with Crippen molar-refractivity contribution in [2.75, 3.05) is 0 Å². The van der Waals surface area contributed by atoms with Crippen molar-refractivity contribution in [2.45, 2.75) is 25.2 Å². The predicted octanol–water partition coefficient (Wildman–Crippen LogP) is -0.251. The van der Waals surface area contributed by atoms with Crippen LogP contribution in [-0.2, 0) is 19.1 Å². The van der Waals surface area contributed by atoms with Crippen LogP contribution < -0.4 is 0 Å². The highest BCUT2D eigenvalue weighted by Crippen LogP contribution is 2.19. The van der Waals surface area contributed by atoms with Gasteiger partial charge in [-0.3, -0.25) is 4.79 Å². The molecule has 0 aromatic carbocycles. The first kappa shape index (κ1) is 8.00. The molecule has 0 radical (unpaired) electrons. The smallest absolute Gasteiger partial charge is 0.332 e. The van der Waals surface area contributed by atoms with Gasteiger partial charge in [-0.1, -0.05) is 0 Å². The fourth-order valence-corrected chi connectivity index (χ4v) is 0.951. The SMILES string of the molecule is O=COC1CCC(C(=O)O)O1. The molecule has 5 nitrogen and oxygen atoms in total. The minimum atomic E-state index is -1.01. The molecule has 0 bridgehead atoms. The van der Waals surface area contributed by atoms with Crippen LogP contribution in [0.3, 0.4) is 0 Å². The normalized spacial score (nSPS) is 29.8. The zero-order chi connectivity index (χ0) is 8.27. The van der Waals surface area contributed by atoms with E-state index in [1.165, 1.54) is 0 Å². The van der Waals surface area contributed by atoms with Crippen LogP contribution >= 0.6 is 0 Å². The van der Waals surface area contributed by atoms with Gasteiger partial charge in [0.2, 0.25) is 6.29 Å². The Morgan fingerprint density at radius 2 is 2.36 bits per heavy atom. The van der Waals surface area contributed by atoms with E-state index in [1.807, 2.05) is 0 Å². The van der Waals surface area contributed by atoms with Crippen molar-refractivity contribution in [3.05, 3.63) is 0 Å². The van der Waals surface area contributed by atoms with Gasteiger partial charge in [-0.15, -0.1) is 0 Å². The summed E-state index contributed by atoms with van der Waals surface area (Å²) in [5.74, 6) is -1.01. The summed E-state index contributed by atoms with van der Waals surface area (Å²) in [6.45, 7) is 0.259. The average Bonchev–Trinajstić information content (AvgIpc) is 2.37. The molecule has 1 fully saturated rings. The average molecular weight is 160 g/mol. The van der Waals surface area contributed by atoms with Crippen molar-refractivity contribution >= 4 is 12.4 Å². The van der Waals surface area contributed by atoms with Crippen LogP contribution in [0.4, 0.5) is 0 Å². The molecule has 11 heavy (non-hydrogen) atoms. The second-order valence-electron chi connectivity index (χ2n) is 2.20. The van der Waals surface area contributed by atoms with Gasteiger partial charge in [0.1, 0.15) is 0 Å². The van der Waals surface area contributed by atoms with Crippen molar-refractivity contribution in [1.82, 2.24) is 0 Å². The van der Waals surface area contributed by atoms with Crippen LogP contribution in [0.5, 0.6) is 0 Å². The number of carboxylic acids is 1. The van der Waals surface area contributed by atoms with Crippen LogP contribution in [0.15, 0.2) is 0 Å². The molecule has 0 saturated carbocycles. The van der Waals surface area contributed by atoms with Crippen molar-refractivity contribution in [2.24, 2.45) is 0 Å². The van der Waals surface area contributed by atoms with Gasteiger partial charge in [-0.25, -0.2) is 4.79 Å². The number of carbonyl (C=O) groups excluding carboxylic acids is 1. The van der Waals surface area contributed by atoms with E-state index < -0.39 is 18.4 Å². The maximum absolute atomic E-state index is 10.3. The maximum atomic E-state index is 10.3. The second-order valence-corrected chi connectivity index (χ2v) is 2.20. The lowest BCUT2D eigenvalue weighted by molar-refractivity contribution is -0.172. The number of ether oxygens (including phenoxy) is 2. The van der Waals surface area contributed by atoms with Gasteiger partial charge in [-0.2, -0.15) is 0 Å². The Bertz CT molecular complexity index is 166. The molecular weight excluding hydrogens is 152 g/mol. The molecule has 1 aliphatic rings. The third kappa shape index (κ3) is 1.91. The topological polar surface area (TPSA) is 72.8 Å². The number of hydrogen-bond acceptors (Lipinski definition) is 4. The summed E-state index contributed by atoms with van der Waals surface area (Å²) < 4.78 is 9.23. The summed E-state index contributed by atoms with van der Waals surface area (Å²) in [6, 6.07) is 0. The summed E-state index contributed by atoms with van der Waals surface area (Å²) in [5.41, 5.74) is 0. The van der Waals surface area contributed by atoms with E-state index in [0.29, 0.717) is 12.8 Å². The fourth-order valence-electron chi connectivity index (χ4n) is 0.951. The van der Waals surface area contributed by atoms with Gasteiger partial charge < -0.3 is 14.6 Å². The summed E-state index contributed by atoms with van der Waals surface area (Å²) in [5, 5.41) is 8.43. The number of carboxylic acid groups (broad SMARTS) is 1. The quantitative estimate of drug-likeness (QED) is 0.576. The Kier molecular flexibility index (Phi) is 2.43. The highest BCUT2D eigenvalue weighted by Gasteiger charge is 2.31. The van der Waals surface area contributed by atoms with Gasteiger partial charge in [0.25, 0.3) is 6.47 Å². The van der Waals surface area contributed by atoms with Gasteiger partial charge in [0.05, 0.1) is 0 Å². The predicted molar refractivity (Wildman–Crippen MR) is 32.7 cm³/mol. The zero-order valence-corrected chi connectivity index (χ0v) is 5.73. The lowest BCUT2D eigenvalue weighted by Crippen LogP contribution is -2.21. The Balaban J connectivity index is 2.34. The Morgan fingerprint density at radius 1 is 1.64 bits per heavy atom. The van der Waals surface area contributed by atoms with Crippen LogP contribution in [0.25, 0.3) is 0 Å². The molecular formula is C6H8O5. The minimum Gasteiger partial charge on any atom is -0.479 e. The third-order valence-corrected chi connectivity index (χ3v) is 1.46. The summed E-state index contributed by atoms with van der Waals surface area (Å²) in [6.07, 6.45) is -0.641. The van der Waals surface area contributed by atoms with E-state index in [-0.39, 0.29) is 6.47 Å². The summed E-state index contributed by atoms with van der Waals surface area (Å²) >= 11 is 0. The van der Waals surface area contributed by atoms with E-state index >= 15 is 0 Å². The molecule has 1 heterocycles. The van der Waals surface area contributed by atoms with E-state index in [9.17, 15) is 9.59 Å². The molecule has 0 aromatic heterocycles. The zero-order valence-electron chi connectivity index (χ0n) is 5.73. The Hall–Kier alpha value is -1.10. The second kappa shape index (κ2) is 3.34. The molecule has 0 amide bonds. The molecule has 1 saturated heterocycles. The lowest BCUT2D eigenvalue weighted by Gasteiger charge is -2.07. The maximum Gasteiger partial charge on any atom is 0.332 e. The van der Waals surface area contributed by atoms with Crippen molar-refractivity contribution in [3.63, 3.8) is 0 Å². The third-order valence-electron chi connectivity index (χ3n) is 1.46. The minimum absolute atomic E-state index is 0.259. The first-order valence-corrected chi connectivity index (χ1v) is 3.21. The molecule has 2 unspecified atom stereocenters. The van der Waals surface area contributed by atoms with E-state index in [2.05, 4.69) is 4.74 Å². The van der Waals surface area contributed by atoms with Gasteiger partial charge in [-0.05, 0) is 6.42 Å². The number of hydrogen-bond donors (Lipinski definition) is 1. The summed E-state index contributed by atoms with van der Waals surface area (Å²) in [7, 11) is 0. The van der Waals surface area contributed by atoms with Gasteiger partial charge in [0, 0.05) is 6.42 Å². The molecule has 0 spiro atoms. The largest absolute Gasteiger partial charge is 0.479 e. The van der Waals surface area contributed by atoms with Crippen molar-refractivity contribution < 1.29 is 24.2 Å². The molecule has 2 atom stereocenters. The van der Waals surface area contributed by atoms with E-state index in [0.717, 1.165) is 0 Å². The molecule has 1 aliphatic heterocycles. The molecule has 0 aliphatic carbocycles. The van der Waals surface area contributed by atoms with Crippen molar-refractivity contribution in [3.8, 4) is 0 Å². The van der Waals surface area contributed by atoms with E-state index in [4.69, 9.17) is 9.84 Å². The van der Waals surface area contributed by atoms with Crippen LogP contribution in [0.1, 0.15) is 12.8 Å². The standard InChI is InChI=1S/C6H8O5/c7-3-10-5-2-1-4(11-5)6(8)9/h3-5H,1-2H2,(H,8,9). The Labute approximate surface area is 62.9 Å². The monoisotopic (exact) mass is 160 g/mol. The lowest BCUT2D eigenvalue weighted by atomic mass is 10.2. The molecule has 1 N–H and O–H groups in total. The molecule has 1 rings (SSSR count). The summed E-state index contributed by atoms with van der Waals surface area (Å²) in [4.78, 5) is 20.1. The number of carbonyl (C=O) groups is 2. The van der Waals surface area contributed by atoms with Crippen LogP contribution in [0, 0.1) is 0 Å². The molecule has 62 valence electrons. The number of aliphatic carboxylic acids is 1. The van der Waals surface area contributed by atoms with Gasteiger partial charge in [0.15, 0.2) is 6.10 Å². The molecule has 0 aromatic rings. The fraction of sp³-hybridized carbons (Fsp3) is 0.667. The molecule has 5 heteroatoms. The van der Waals surface area contributed by atoms with Crippen LogP contribution in [0.2, 0.25) is 0 Å².